The molecule has 2 bridgehead atoms. The number of carbonyl (C=O) groups is 3. The zero-order chi connectivity index (χ0) is 51.5. The topological polar surface area (TPSA) is 303 Å². The third-order valence-corrected chi connectivity index (χ3v) is 14.5. The Hall–Kier alpha value is -3.39. The van der Waals surface area contributed by atoms with Crippen LogP contribution in [0.1, 0.15) is 155 Å². The molecule has 398 valence electrons. The Balaban J connectivity index is 1.83. The molecule has 20 nitrogen and oxygen atoms in total. The van der Waals surface area contributed by atoms with Crippen molar-refractivity contribution in [3.63, 3.8) is 0 Å². The van der Waals surface area contributed by atoms with Crippen molar-refractivity contribution in [3.05, 3.63) is 59.2 Å². The summed E-state index contributed by atoms with van der Waals surface area (Å²) in [6, 6.07) is 1.28. The summed E-state index contributed by atoms with van der Waals surface area (Å²) < 4.78 is 59.0. The number of anilines is 1. The van der Waals surface area contributed by atoms with E-state index in [1.54, 1.807) is 12.2 Å². The number of fused-ring (bicyclic) bond motifs is 3. The van der Waals surface area contributed by atoms with Gasteiger partial charge in [-0.15, -0.1) is 0 Å². The van der Waals surface area contributed by atoms with E-state index < -0.39 is 107 Å². The van der Waals surface area contributed by atoms with Gasteiger partial charge in [-0.05, 0) is 50.2 Å². The lowest BCUT2D eigenvalue weighted by Gasteiger charge is -2.36. The number of hydrogen-bond acceptors (Lipinski definition) is 17. The van der Waals surface area contributed by atoms with Crippen molar-refractivity contribution in [2.75, 3.05) is 25.6 Å². The normalized spacial score (nSPS) is 29.5. The van der Waals surface area contributed by atoms with Crippen LogP contribution in [0, 0.1) is 17.8 Å². The molecule has 22 heteroatoms. The Morgan fingerprint density at radius 2 is 1.54 bits per heavy atom. The summed E-state index contributed by atoms with van der Waals surface area (Å²) in [5.74, 6) is -3.94. The Bertz CT molecular complexity index is 1980. The number of phosphoric acid groups is 2. The lowest BCUT2D eigenvalue weighted by atomic mass is 9.88. The number of aliphatic hydroxyl groups excluding tert-OH is 3. The molecule has 0 radical (unpaired) electrons. The van der Waals surface area contributed by atoms with Crippen molar-refractivity contribution in [2.45, 2.75) is 186 Å². The minimum absolute atomic E-state index is 0.0105. The monoisotopic (exact) mass is 1030 g/mol. The van der Waals surface area contributed by atoms with Crippen molar-refractivity contribution < 1.29 is 76.2 Å². The minimum Gasteiger partial charge on any atom is -0.462 e. The number of ketones is 1. The number of nitrogen functional groups attached to an aromatic ring is 1. The van der Waals surface area contributed by atoms with E-state index in [-0.39, 0.29) is 25.1 Å². The molecule has 1 aromatic heterocycles. The number of nitrogens with two attached hydrogens (primary N) is 1. The van der Waals surface area contributed by atoms with Crippen LogP contribution in [0.15, 0.2) is 53.5 Å². The fourth-order valence-corrected chi connectivity index (χ4v) is 9.99. The molecule has 0 aliphatic carbocycles. The van der Waals surface area contributed by atoms with Gasteiger partial charge in [0.2, 0.25) is 0 Å². The van der Waals surface area contributed by atoms with Crippen LogP contribution in [-0.2, 0) is 51.1 Å². The number of carbonyl (C=O) groups excluding carboxylic acids is 3. The van der Waals surface area contributed by atoms with Crippen molar-refractivity contribution in [3.8, 4) is 0 Å². The van der Waals surface area contributed by atoms with Crippen LogP contribution in [0.4, 0.5) is 5.82 Å². The number of esters is 2. The number of phosphoric ester groups is 2. The summed E-state index contributed by atoms with van der Waals surface area (Å²) in [6.45, 7) is 3.81. The number of cyclic esters (lactones) is 1. The molecule has 0 amide bonds. The maximum Gasteiger partial charge on any atom is 0.481 e. The molecule has 0 saturated carbocycles. The van der Waals surface area contributed by atoms with Crippen molar-refractivity contribution in [1.82, 2.24) is 9.55 Å². The highest BCUT2D eigenvalue weighted by Gasteiger charge is 2.42. The lowest BCUT2D eigenvalue weighted by Crippen LogP contribution is -2.49. The summed E-state index contributed by atoms with van der Waals surface area (Å²) >= 11 is 0. The largest absolute Gasteiger partial charge is 0.481 e. The molecule has 70 heavy (non-hydrogen) atoms. The van der Waals surface area contributed by atoms with Gasteiger partial charge in [0.15, 0.2) is 11.9 Å². The molecule has 10 atom stereocenters. The van der Waals surface area contributed by atoms with Gasteiger partial charge in [0, 0.05) is 25.0 Å². The average molecular weight is 1030 g/mol. The number of unbranched alkanes of at least 4 members (excludes halogenated alkanes) is 11. The molecule has 7 N–H and O–H groups in total. The molecule has 0 fully saturated rings. The van der Waals surface area contributed by atoms with E-state index in [1.807, 2.05) is 6.92 Å². The van der Waals surface area contributed by atoms with Gasteiger partial charge in [-0.25, -0.2) is 13.9 Å². The van der Waals surface area contributed by atoms with E-state index >= 15 is 0 Å². The number of allylic oxidation sites excluding steroid dienone is 3. The van der Waals surface area contributed by atoms with E-state index in [1.165, 1.54) is 69.0 Å². The molecule has 0 saturated heterocycles. The van der Waals surface area contributed by atoms with Gasteiger partial charge < -0.3 is 45.1 Å². The number of nitrogens with zero attached hydrogens (tertiary/aromatic N) is 2. The first-order chi connectivity index (χ1) is 33.3. The average Bonchev–Trinajstić information content (AvgIpc) is 3.29. The molecule has 2 aliphatic rings. The van der Waals surface area contributed by atoms with Crippen LogP contribution in [-0.4, -0.2) is 103 Å². The highest BCUT2D eigenvalue weighted by atomic mass is 31.3. The van der Waals surface area contributed by atoms with Crippen LogP contribution in [0.3, 0.4) is 0 Å². The van der Waals surface area contributed by atoms with Gasteiger partial charge in [-0.2, -0.15) is 9.29 Å². The summed E-state index contributed by atoms with van der Waals surface area (Å²) in [7, 11) is -11.2. The van der Waals surface area contributed by atoms with Crippen molar-refractivity contribution in [1.29, 1.82) is 0 Å². The molecule has 2 unspecified atom stereocenters. The van der Waals surface area contributed by atoms with Gasteiger partial charge in [-0.3, -0.25) is 28.0 Å². The van der Waals surface area contributed by atoms with Gasteiger partial charge in [0.05, 0.1) is 31.3 Å². The fourth-order valence-electron chi connectivity index (χ4n) is 7.88. The molecule has 2 aliphatic heterocycles. The number of hydrogen-bond donors (Lipinski definition) is 6. The summed E-state index contributed by atoms with van der Waals surface area (Å²) in [5, 5.41) is 33.8. The number of aromatic nitrogens is 2. The Morgan fingerprint density at radius 3 is 2.20 bits per heavy atom. The Morgan fingerprint density at radius 1 is 0.900 bits per heavy atom. The van der Waals surface area contributed by atoms with Crippen LogP contribution >= 0.6 is 15.6 Å². The summed E-state index contributed by atoms with van der Waals surface area (Å²) in [5.41, 5.74) is 4.83. The molecular weight excluding hydrogens is 952 g/mol. The van der Waals surface area contributed by atoms with Crippen LogP contribution in [0.5, 0.6) is 0 Å². The van der Waals surface area contributed by atoms with Gasteiger partial charge >= 0.3 is 33.3 Å². The summed E-state index contributed by atoms with van der Waals surface area (Å²) in [6.07, 6.45) is 15.0. The molecule has 3 heterocycles. The van der Waals surface area contributed by atoms with Crippen molar-refractivity contribution in [2.24, 2.45) is 17.8 Å². The molecule has 1 aromatic rings. The number of rotatable bonds is 21. The van der Waals surface area contributed by atoms with E-state index in [0.29, 0.717) is 32.1 Å². The first kappa shape index (κ1) is 60.9. The van der Waals surface area contributed by atoms with Crippen LogP contribution in [0.25, 0.3) is 0 Å². The molecule has 0 spiro atoms. The van der Waals surface area contributed by atoms with E-state index in [2.05, 4.69) is 23.1 Å². The smallest absolute Gasteiger partial charge is 0.462 e. The maximum absolute atomic E-state index is 13.8. The van der Waals surface area contributed by atoms with Crippen molar-refractivity contribution >= 4 is 39.2 Å². The number of aliphatic hydroxyl groups is 3. The summed E-state index contributed by atoms with van der Waals surface area (Å²) in [4.78, 5) is 77.8. The first-order valence-electron chi connectivity index (χ1n) is 24.9. The highest BCUT2D eigenvalue weighted by molar-refractivity contribution is 7.61. The highest BCUT2D eigenvalue weighted by Crippen LogP contribution is 2.60. The zero-order valence-corrected chi connectivity index (χ0v) is 42.9. The first-order valence-corrected chi connectivity index (χ1v) is 27.9. The van der Waals surface area contributed by atoms with Gasteiger partial charge in [0.1, 0.15) is 30.9 Å². The SMILES string of the molecule is CCCCC[C@H](O)C=C[C@H]1C(=O)/C=C\[C@@H]2C/C=C\CCCC(=O)OC[C@@H](OC(=O)CCCCCCCCCCCCC(C)C)COP(=O)(O)OP(=O)(O)OC[C@@H](O[C@H]2n2ccc(N)nc2=O)[C@@H](O)[C@H]1O. The van der Waals surface area contributed by atoms with Gasteiger partial charge in [-0.1, -0.05) is 135 Å². The van der Waals surface area contributed by atoms with E-state index in [9.17, 15) is 53.4 Å². The lowest BCUT2D eigenvalue weighted by molar-refractivity contribution is -0.167. The van der Waals surface area contributed by atoms with Gasteiger partial charge in [0.25, 0.3) is 0 Å². The predicted molar refractivity (Wildman–Crippen MR) is 261 cm³/mol. The fraction of sp³-hybridized carbons (Fsp3) is 0.729. The molecular formula is C48H79N3O17P2. The number of ether oxygens (including phenoxy) is 3. The second-order valence-corrected chi connectivity index (χ2v) is 21.5. The molecule has 3 rings (SSSR count). The quantitative estimate of drug-likeness (QED) is 0.0301. The third kappa shape index (κ3) is 24.4. The van der Waals surface area contributed by atoms with Crippen LogP contribution < -0.4 is 11.4 Å². The Labute approximate surface area is 412 Å². The zero-order valence-electron chi connectivity index (χ0n) is 41.1. The second kappa shape index (κ2) is 32.6. The van der Waals surface area contributed by atoms with E-state index in [4.69, 9.17) is 29.0 Å². The van der Waals surface area contributed by atoms with E-state index in [0.717, 1.165) is 55.1 Å². The standard InChI is InChI=1S/C48H79N3O17P2/c1-4-5-16-23-37(52)27-28-39-40(53)29-26-36-22-18-14-15-19-24-43(54)63-32-38(66-44(55)25-20-13-11-9-7-6-8-10-12-17-21-35(2)3)33-64-69(59,60)68-70(61,62)65-34-41(46(57)45(39)56)67-47(36)51-31-30-42(49)50-48(51)58/h14,18,26-31,35-39,41,45-47,52,56-57H,4-13,15-17,19-25,32-34H2,1-3H3,(H,59,60)(H,61,62)(H2,49,50,58)/b18-14-,28-27?,29-26-/t36-,37-,38+,39-,41+,45-,46+,47+/m0/s1. The maximum atomic E-state index is 13.8. The van der Waals surface area contributed by atoms with Crippen LogP contribution in [0.2, 0.25) is 0 Å². The minimum atomic E-state index is -5.67. The molecule has 0 aromatic carbocycles. The Kier molecular flexibility index (Phi) is 28.4. The predicted octanol–water partition coefficient (Wildman–Crippen LogP) is 7.47. The second-order valence-electron chi connectivity index (χ2n) is 18.5. The third-order valence-electron chi connectivity index (χ3n) is 11.9.